The van der Waals surface area contributed by atoms with E-state index in [-0.39, 0.29) is 11.2 Å². The summed E-state index contributed by atoms with van der Waals surface area (Å²) in [6, 6.07) is 12.9. The van der Waals surface area contributed by atoms with Crippen LogP contribution in [0.15, 0.2) is 61.6 Å². The minimum absolute atomic E-state index is 0.0135. The minimum Gasteiger partial charge on any atom is -0.423 e. The molecule has 4 aromatic rings. The monoisotopic (exact) mass is 420 g/mol. The summed E-state index contributed by atoms with van der Waals surface area (Å²) < 4.78 is 7.17. The Bertz CT molecular complexity index is 1350. The molecule has 5 nitrogen and oxygen atoms in total. The molecule has 0 saturated carbocycles. The van der Waals surface area contributed by atoms with E-state index in [1.807, 2.05) is 44.2 Å². The molecular formula is C24H24N2O3S. The highest BCUT2D eigenvalue weighted by Crippen LogP contribution is 2.28. The number of rotatable bonds is 6. The molecule has 0 spiro atoms. The highest BCUT2D eigenvalue weighted by molar-refractivity contribution is 7.98. The van der Waals surface area contributed by atoms with Crippen molar-refractivity contribution in [3.63, 3.8) is 0 Å². The largest absolute Gasteiger partial charge is 0.423 e. The van der Waals surface area contributed by atoms with Crippen LogP contribution in [0.5, 0.6) is 0 Å². The van der Waals surface area contributed by atoms with E-state index in [1.54, 1.807) is 10.6 Å². The molecule has 0 radical (unpaired) electrons. The summed E-state index contributed by atoms with van der Waals surface area (Å²) in [7, 11) is 0. The van der Waals surface area contributed by atoms with Crippen molar-refractivity contribution in [1.82, 2.24) is 9.55 Å². The maximum Gasteiger partial charge on any atom is 0.336 e. The lowest BCUT2D eigenvalue weighted by Crippen LogP contribution is -2.23. The van der Waals surface area contributed by atoms with E-state index in [1.165, 1.54) is 11.8 Å². The lowest BCUT2D eigenvalue weighted by molar-refractivity contribution is 0.557. The van der Waals surface area contributed by atoms with Gasteiger partial charge in [0.1, 0.15) is 5.58 Å². The van der Waals surface area contributed by atoms with E-state index in [0.717, 1.165) is 34.9 Å². The van der Waals surface area contributed by atoms with Crippen LogP contribution in [0.25, 0.3) is 21.9 Å². The lowest BCUT2D eigenvalue weighted by Gasteiger charge is -2.13. The molecule has 30 heavy (non-hydrogen) atoms. The average molecular weight is 421 g/mol. The Morgan fingerprint density at radius 3 is 2.60 bits per heavy atom. The number of nitrogens with zero attached hydrogens (tertiary/aromatic N) is 2. The van der Waals surface area contributed by atoms with Gasteiger partial charge in [-0.15, -0.1) is 0 Å². The molecule has 2 aromatic heterocycles. The molecule has 0 aliphatic rings. The van der Waals surface area contributed by atoms with Gasteiger partial charge in [0, 0.05) is 23.8 Å². The zero-order valence-electron chi connectivity index (χ0n) is 17.4. The molecular weight excluding hydrogens is 396 g/mol. The van der Waals surface area contributed by atoms with Gasteiger partial charge in [-0.2, -0.15) is 0 Å². The third kappa shape index (κ3) is 3.92. The Hall–Kier alpha value is -2.86. The van der Waals surface area contributed by atoms with Crippen molar-refractivity contribution in [2.24, 2.45) is 0 Å². The van der Waals surface area contributed by atoms with Crippen molar-refractivity contribution in [1.29, 1.82) is 0 Å². The first-order chi connectivity index (χ1) is 14.5. The third-order valence-electron chi connectivity index (χ3n) is 5.36. The van der Waals surface area contributed by atoms with Crippen LogP contribution in [-0.4, -0.2) is 9.55 Å². The second-order valence-electron chi connectivity index (χ2n) is 7.53. The van der Waals surface area contributed by atoms with E-state index < -0.39 is 0 Å². The molecule has 0 N–H and O–H groups in total. The zero-order chi connectivity index (χ0) is 21.3. The molecule has 2 aromatic carbocycles. The second kappa shape index (κ2) is 8.48. The number of unbranched alkanes of at least 4 members (excludes halogenated alkanes) is 1. The van der Waals surface area contributed by atoms with E-state index in [0.29, 0.717) is 33.9 Å². The number of aryl methyl sites for hydroxylation is 2. The molecule has 154 valence electrons. The van der Waals surface area contributed by atoms with Gasteiger partial charge in [0.25, 0.3) is 5.56 Å². The molecule has 0 bridgehead atoms. The number of hydrogen-bond acceptors (Lipinski definition) is 5. The van der Waals surface area contributed by atoms with Crippen molar-refractivity contribution in [3.05, 3.63) is 79.9 Å². The fraction of sp³-hybridized carbons (Fsp3) is 0.292. The first-order valence-corrected chi connectivity index (χ1v) is 11.1. The Morgan fingerprint density at radius 1 is 1.03 bits per heavy atom. The predicted molar refractivity (Wildman–Crippen MR) is 122 cm³/mol. The Labute approximate surface area is 178 Å². The lowest BCUT2D eigenvalue weighted by atomic mass is 10.0. The van der Waals surface area contributed by atoms with E-state index >= 15 is 0 Å². The average Bonchev–Trinajstić information content (AvgIpc) is 2.73. The number of hydrogen-bond donors (Lipinski definition) is 0. The normalized spacial score (nSPS) is 11.4. The third-order valence-corrected chi connectivity index (χ3v) is 6.39. The van der Waals surface area contributed by atoms with E-state index in [9.17, 15) is 9.59 Å². The summed E-state index contributed by atoms with van der Waals surface area (Å²) in [5.41, 5.74) is 4.03. The number of thioether (sulfide) groups is 1. The first-order valence-electron chi connectivity index (χ1n) is 10.1. The van der Waals surface area contributed by atoms with Gasteiger partial charge in [-0.25, -0.2) is 9.78 Å². The van der Waals surface area contributed by atoms with Crippen LogP contribution in [0.2, 0.25) is 0 Å². The Morgan fingerprint density at radius 2 is 1.80 bits per heavy atom. The second-order valence-corrected chi connectivity index (χ2v) is 8.48. The molecule has 0 fully saturated rings. The summed E-state index contributed by atoms with van der Waals surface area (Å²) in [4.78, 5) is 29.9. The van der Waals surface area contributed by atoms with Gasteiger partial charge in [-0.3, -0.25) is 9.36 Å². The van der Waals surface area contributed by atoms with Crippen molar-refractivity contribution in [2.75, 3.05) is 0 Å². The molecule has 4 rings (SSSR count). The van der Waals surface area contributed by atoms with Crippen LogP contribution in [0.1, 0.15) is 36.5 Å². The fourth-order valence-corrected chi connectivity index (χ4v) is 4.53. The SMILES string of the molecule is CCCCn1c(SCc2cc(=O)oc3cc(C)c(C)cc23)nc2ccccc2c1=O. The summed E-state index contributed by atoms with van der Waals surface area (Å²) in [5, 5.41) is 2.24. The van der Waals surface area contributed by atoms with Crippen LogP contribution in [0.3, 0.4) is 0 Å². The minimum atomic E-state index is -0.365. The fourth-order valence-electron chi connectivity index (χ4n) is 3.52. The van der Waals surface area contributed by atoms with Crippen LogP contribution < -0.4 is 11.2 Å². The summed E-state index contributed by atoms with van der Waals surface area (Å²) in [6.45, 7) is 6.78. The topological polar surface area (TPSA) is 65.1 Å². The molecule has 0 amide bonds. The predicted octanol–water partition coefficient (Wildman–Crippen LogP) is 5.21. The maximum absolute atomic E-state index is 13.1. The Balaban J connectivity index is 1.77. The van der Waals surface area contributed by atoms with E-state index in [4.69, 9.17) is 9.40 Å². The van der Waals surface area contributed by atoms with Crippen LogP contribution in [0.4, 0.5) is 0 Å². The summed E-state index contributed by atoms with van der Waals surface area (Å²) in [5.74, 6) is 0.529. The molecule has 0 aliphatic heterocycles. The van der Waals surface area contributed by atoms with E-state index in [2.05, 4.69) is 13.0 Å². The quantitative estimate of drug-likeness (QED) is 0.243. The maximum atomic E-state index is 13.1. The smallest absolute Gasteiger partial charge is 0.336 e. The first kappa shape index (κ1) is 20.4. The molecule has 0 aliphatic carbocycles. The van der Waals surface area contributed by atoms with Gasteiger partial charge < -0.3 is 4.42 Å². The zero-order valence-corrected chi connectivity index (χ0v) is 18.2. The van der Waals surface area contributed by atoms with Crippen molar-refractivity contribution >= 4 is 33.6 Å². The molecule has 6 heteroatoms. The van der Waals surface area contributed by atoms with Gasteiger partial charge in [0.2, 0.25) is 0 Å². The molecule has 0 unspecified atom stereocenters. The highest BCUT2D eigenvalue weighted by atomic mass is 32.2. The number of fused-ring (bicyclic) bond motifs is 2. The van der Waals surface area contributed by atoms with Crippen molar-refractivity contribution in [2.45, 2.75) is 51.1 Å². The Kier molecular flexibility index (Phi) is 5.77. The standard InChI is InChI=1S/C24H24N2O3S/c1-4-5-10-26-23(28)18-8-6-7-9-20(18)25-24(26)30-14-17-13-22(27)29-21-12-16(3)15(2)11-19(17)21/h6-9,11-13H,4-5,10,14H2,1-3H3. The van der Waals surface area contributed by atoms with Crippen LogP contribution in [-0.2, 0) is 12.3 Å². The van der Waals surface area contributed by atoms with Gasteiger partial charge in [-0.05, 0) is 61.2 Å². The number of benzene rings is 2. The summed E-state index contributed by atoms with van der Waals surface area (Å²) in [6.07, 6.45) is 1.90. The number of aromatic nitrogens is 2. The molecule has 0 atom stereocenters. The van der Waals surface area contributed by atoms with Gasteiger partial charge in [-0.1, -0.05) is 37.2 Å². The summed E-state index contributed by atoms with van der Waals surface area (Å²) >= 11 is 1.48. The molecule has 2 heterocycles. The molecule has 0 saturated heterocycles. The van der Waals surface area contributed by atoms with Gasteiger partial charge in [0.05, 0.1) is 10.9 Å². The number of para-hydroxylation sites is 1. The van der Waals surface area contributed by atoms with Gasteiger partial charge >= 0.3 is 5.63 Å². The highest BCUT2D eigenvalue weighted by Gasteiger charge is 2.14. The van der Waals surface area contributed by atoms with Crippen molar-refractivity contribution in [3.8, 4) is 0 Å². The van der Waals surface area contributed by atoms with Crippen molar-refractivity contribution < 1.29 is 4.42 Å². The van der Waals surface area contributed by atoms with Gasteiger partial charge in [0.15, 0.2) is 5.16 Å². The van der Waals surface area contributed by atoms with Crippen LogP contribution in [0, 0.1) is 13.8 Å². The van der Waals surface area contributed by atoms with Crippen LogP contribution >= 0.6 is 11.8 Å².